The highest BCUT2D eigenvalue weighted by Crippen LogP contribution is 2.23. The van der Waals surface area contributed by atoms with Crippen LogP contribution in [0.25, 0.3) is 16.6 Å². The van der Waals surface area contributed by atoms with Gasteiger partial charge in [0.05, 0.1) is 24.7 Å². The van der Waals surface area contributed by atoms with Gasteiger partial charge in [0.2, 0.25) is 0 Å². The number of hydrogen-bond acceptors (Lipinski definition) is 5. The van der Waals surface area contributed by atoms with Crippen molar-refractivity contribution < 1.29 is 13.9 Å². The molecular formula is C23H21FN4O3. The number of rotatable bonds is 6. The molecule has 0 atom stereocenters. The Morgan fingerprint density at radius 3 is 2.39 bits per heavy atom. The van der Waals surface area contributed by atoms with Gasteiger partial charge in [0.25, 0.3) is 5.56 Å². The van der Waals surface area contributed by atoms with Gasteiger partial charge in [-0.1, -0.05) is 13.8 Å². The second-order valence-corrected chi connectivity index (χ2v) is 7.45. The minimum Gasteiger partial charge on any atom is -0.497 e. The summed E-state index contributed by atoms with van der Waals surface area (Å²) in [5.74, 6) is 0.00117. The van der Waals surface area contributed by atoms with Gasteiger partial charge in [0, 0.05) is 10.9 Å². The highest BCUT2D eigenvalue weighted by atomic mass is 19.1. The van der Waals surface area contributed by atoms with E-state index >= 15 is 0 Å². The molecule has 0 saturated heterocycles. The number of hydrogen-bond donors (Lipinski definition) is 0. The van der Waals surface area contributed by atoms with Gasteiger partial charge in [0.1, 0.15) is 23.6 Å². The average molecular weight is 420 g/mol. The maximum absolute atomic E-state index is 13.4. The summed E-state index contributed by atoms with van der Waals surface area (Å²) in [5.41, 5.74) is 1.51. The summed E-state index contributed by atoms with van der Waals surface area (Å²) >= 11 is 0. The second-order valence-electron chi connectivity index (χ2n) is 7.45. The number of benzene rings is 2. The van der Waals surface area contributed by atoms with Crippen LogP contribution in [0, 0.1) is 5.82 Å². The molecule has 0 spiro atoms. The monoisotopic (exact) mass is 420 g/mol. The predicted octanol–water partition coefficient (Wildman–Crippen LogP) is 3.74. The maximum Gasteiger partial charge on any atom is 0.293 e. The summed E-state index contributed by atoms with van der Waals surface area (Å²) in [6.45, 7) is 3.70. The van der Waals surface area contributed by atoms with Gasteiger partial charge in [-0.05, 0) is 54.4 Å². The summed E-state index contributed by atoms with van der Waals surface area (Å²) in [4.78, 5) is 26.1. The Bertz CT molecular complexity index is 1310. The molecule has 0 unspecified atom stereocenters. The Labute approximate surface area is 177 Å². The number of carbonyl (C=O) groups excluding carboxylic acids is 1. The van der Waals surface area contributed by atoms with Crippen molar-refractivity contribution in [3.8, 4) is 11.4 Å². The molecule has 4 aromatic rings. The van der Waals surface area contributed by atoms with E-state index in [1.54, 1.807) is 49.7 Å². The van der Waals surface area contributed by atoms with Crippen molar-refractivity contribution in [2.45, 2.75) is 26.3 Å². The third-order valence-electron chi connectivity index (χ3n) is 5.03. The van der Waals surface area contributed by atoms with Gasteiger partial charge in [0.15, 0.2) is 5.78 Å². The summed E-state index contributed by atoms with van der Waals surface area (Å²) in [6.07, 6.45) is 1.58. The Balaban J connectivity index is 1.82. The van der Waals surface area contributed by atoms with Gasteiger partial charge in [-0.2, -0.15) is 10.2 Å². The fraction of sp³-hybridized carbons (Fsp3) is 0.217. The van der Waals surface area contributed by atoms with Crippen LogP contribution >= 0.6 is 0 Å². The zero-order chi connectivity index (χ0) is 22.1. The lowest BCUT2D eigenvalue weighted by Crippen LogP contribution is -2.29. The molecule has 31 heavy (non-hydrogen) atoms. The number of fused-ring (bicyclic) bond motifs is 1. The number of halogens is 1. The Hall–Kier alpha value is -3.81. The molecule has 0 aliphatic rings. The smallest absolute Gasteiger partial charge is 0.293 e. The van der Waals surface area contributed by atoms with Crippen molar-refractivity contribution in [3.05, 3.63) is 82.2 Å². The standard InChI is InChI=1S/C23H21FN4O3/c1-14(2)21-19-12-25-28(17-8-6-16(24)7-9-17)22(19)23(30)27(26-21)13-20(29)15-4-10-18(31-3)11-5-15/h4-12,14H,13H2,1-3H3. The second kappa shape index (κ2) is 8.14. The fourth-order valence-corrected chi connectivity index (χ4v) is 3.41. The number of methoxy groups -OCH3 is 1. The van der Waals surface area contributed by atoms with Crippen molar-refractivity contribution in [1.82, 2.24) is 19.6 Å². The number of Topliss-reactive ketones (excluding diaryl/α,β-unsaturated/α-hetero) is 1. The first-order valence-electron chi connectivity index (χ1n) is 9.81. The van der Waals surface area contributed by atoms with E-state index in [2.05, 4.69) is 10.2 Å². The van der Waals surface area contributed by atoms with Crippen LogP contribution in [0.3, 0.4) is 0 Å². The van der Waals surface area contributed by atoms with Crippen LogP contribution in [0.2, 0.25) is 0 Å². The summed E-state index contributed by atoms with van der Waals surface area (Å²) < 4.78 is 21.1. The highest BCUT2D eigenvalue weighted by Gasteiger charge is 2.20. The largest absolute Gasteiger partial charge is 0.497 e. The van der Waals surface area contributed by atoms with Crippen LogP contribution in [0.4, 0.5) is 4.39 Å². The van der Waals surface area contributed by atoms with Crippen LogP contribution in [0.1, 0.15) is 35.8 Å². The van der Waals surface area contributed by atoms with Crippen molar-refractivity contribution >= 4 is 16.7 Å². The molecule has 0 amide bonds. The molecule has 8 heteroatoms. The van der Waals surface area contributed by atoms with E-state index in [0.717, 1.165) is 0 Å². The van der Waals surface area contributed by atoms with Gasteiger partial charge >= 0.3 is 0 Å². The number of ether oxygens (including phenoxy) is 1. The maximum atomic E-state index is 13.4. The molecule has 0 fully saturated rings. The van der Waals surface area contributed by atoms with Crippen molar-refractivity contribution in [3.63, 3.8) is 0 Å². The van der Waals surface area contributed by atoms with Gasteiger partial charge in [-0.25, -0.2) is 13.8 Å². The lowest BCUT2D eigenvalue weighted by Gasteiger charge is -2.12. The van der Waals surface area contributed by atoms with Gasteiger partial charge in [-0.3, -0.25) is 9.59 Å². The summed E-state index contributed by atoms with van der Waals surface area (Å²) in [7, 11) is 1.55. The molecule has 0 saturated carbocycles. The third kappa shape index (κ3) is 3.84. The molecule has 0 N–H and O–H groups in total. The highest BCUT2D eigenvalue weighted by molar-refractivity contribution is 5.96. The molecule has 158 valence electrons. The molecule has 0 aliphatic heterocycles. The Morgan fingerprint density at radius 1 is 1.10 bits per heavy atom. The van der Waals surface area contributed by atoms with E-state index in [4.69, 9.17) is 4.74 Å². The molecule has 2 aromatic carbocycles. The quantitative estimate of drug-likeness (QED) is 0.444. The molecule has 0 aliphatic carbocycles. The van der Waals surface area contributed by atoms with E-state index in [-0.39, 0.29) is 24.1 Å². The first kappa shape index (κ1) is 20.5. The van der Waals surface area contributed by atoms with Crippen LogP contribution in [-0.4, -0.2) is 32.5 Å². The minimum atomic E-state index is -0.442. The topological polar surface area (TPSA) is 79.0 Å². The minimum absolute atomic E-state index is 0.00342. The van der Waals surface area contributed by atoms with Crippen LogP contribution in [0.15, 0.2) is 59.5 Å². The first-order valence-corrected chi connectivity index (χ1v) is 9.81. The van der Waals surface area contributed by atoms with Crippen LogP contribution in [0.5, 0.6) is 5.75 Å². The Morgan fingerprint density at radius 2 is 1.77 bits per heavy atom. The van der Waals surface area contributed by atoms with E-state index in [9.17, 15) is 14.0 Å². The fourth-order valence-electron chi connectivity index (χ4n) is 3.41. The predicted molar refractivity (Wildman–Crippen MR) is 114 cm³/mol. The molecule has 2 heterocycles. The average Bonchev–Trinajstić information content (AvgIpc) is 3.21. The molecule has 4 rings (SSSR count). The lowest BCUT2D eigenvalue weighted by atomic mass is 10.1. The van der Waals surface area contributed by atoms with Crippen LogP contribution in [-0.2, 0) is 6.54 Å². The normalized spacial score (nSPS) is 11.3. The van der Waals surface area contributed by atoms with Crippen LogP contribution < -0.4 is 10.3 Å². The molecular weight excluding hydrogens is 399 g/mol. The van der Waals surface area contributed by atoms with Crippen molar-refractivity contribution in [2.75, 3.05) is 7.11 Å². The number of aromatic nitrogens is 4. The summed E-state index contributed by atoms with van der Waals surface area (Å²) in [5, 5.41) is 9.41. The first-order chi connectivity index (χ1) is 14.9. The number of carbonyl (C=O) groups is 1. The molecule has 0 radical (unpaired) electrons. The number of ketones is 1. The number of nitrogens with zero attached hydrogens (tertiary/aromatic N) is 4. The van der Waals surface area contributed by atoms with Gasteiger partial charge < -0.3 is 4.74 Å². The molecule has 7 nitrogen and oxygen atoms in total. The van der Waals surface area contributed by atoms with Gasteiger partial charge in [-0.15, -0.1) is 0 Å². The van der Waals surface area contributed by atoms with E-state index in [1.165, 1.54) is 21.5 Å². The Kier molecular flexibility index (Phi) is 5.37. The zero-order valence-electron chi connectivity index (χ0n) is 17.4. The van der Waals surface area contributed by atoms with E-state index < -0.39 is 5.56 Å². The lowest BCUT2D eigenvalue weighted by molar-refractivity contribution is 0.0965. The summed E-state index contributed by atoms with van der Waals surface area (Å²) in [6, 6.07) is 12.4. The molecule has 0 bridgehead atoms. The SMILES string of the molecule is COc1ccc(C(=O)Cn2nc(C(C)C)c3cnn(-c4ccc(F)cc4)c3c2=O)cc1. The molecule has 2 aromatic heterocycles. The van der Waals surface area contributed by atoms with E-state index in [1.807, 2.05) is 13.8 Å². The van der Waals surface area contributed by atoms with Crippen molar-refractivity contribution in [1.29, 1.82) is 0 Å². The zero-order valence-corrected chi connectivity index (χ0v) is 17.4. The van der Waals surface area contributed by atoms with Crippen molar-refractivity contribution in [2.24, 2.45) is 0 Å². The van der Waals surface area contributed by atoms with E-state index in [0.29, 0.717) is 33.6 Å². The third-order valence-corrected chi connectivity index (χ3v) is 5.03.